The Hall–Kier alpha value is -4.81. The van der Waals surface area contributed by atoms with Crippen LogP contribution in [0.1, 0.15) is 22.8 Å². The lowest BCUT2D eigenvalue weighted by molar-refractivity contribution is -0.384. The number of carbonyl (C=O) groups is 2. The van der Waals surface area contributed by atoms with Gasteiger partial charge in [0.15, 0.2) is 17.6 Å². The van der Waals surface area contributed by atoms with Gasteiger partial charge in [0.2, 0.25) is 34.9 Å². The molecule has 8 nitrogen and oxygen atoms in total. The number of carbonyl (C=O) groups excluding carboxylic acids is 2. The number of benzene rings is 3. The van der Waals surface area contributed by atoms with Crippen LogP contribution in [0.5, 0.6) is 17.2 Å². The molecule has 190 valence electrons. The first-order valence-corrected chi connectivity index (χ1v) is 10.2. The Morgan fingerprint density at radius 2 is 1.57 bits per heavy atom. The van der Waals surface area contributed by atoms with E-state index in [4.69, 9.17) is 9.47 Å². The topological polar surface area (TPSA) is 105 Å². The molecule has 3 aromatic rings. The van der Waals surface area contributed by atoms with Crippen molar-refractivity contribution in [2.45, 2.75) is 13.0 Å². The van der Waals surface area contributed by atoms with Crippen LogP contribution in [0.4, 0.5) is 27.6 Å². The van der Waals surface area contributed by atoms with Gasteiger partial charge < -0.3 is 14.2 Å². The maximum absolute atomic E-state index is 13.8. The zero-order chi connectivity index (χ0) is 27.0. The maximum Gasteiger partial charge on any atom is 0.352 e. The third kappa shape index (κ3) is 4.83. The van der Waals surface area contributed by atoms with Gasteiger partial charge in [-0.2, -0.15) is 8.78 Å². The minimum atomic E-state index is -2.38. The summed E-state index contributed by atoms with van der Waals surface area (Å²) in [4.78, 5) is 35.1. The number of ether oxygens (including phenoxy) is 3. The van der Waals surface area contributed by atoms with Crippen LogP contribution in [0, 0.1) is 39.2 Å². The highest BCUT2D eigenvalue weighted by Crippen LogP contribution is 2.35. The van der Waals surface area contributed by atoms with Crippen molar-refractivity contribution < 1.29 is 50.7 Å². The van der Waals surface area contributed by atoms with Gasteiger partial charge in [0, 0.05) is 18.2 Å². The van der Waals surface area contributed by atoms with E-state index in [1.54, 1.807) is 0 Å². The number of nitro benzene ring substituents is 1. The van der Waals surface area contributed by atoms with E-state index in [1.165, 1.54) is 42.5 Å². The second kappa shape index (κ2) is 9.68. The van der Waals surface area contributed by atoms with E-state index in [0.29, 0.717) is 5.56 Å². The van der Waals surface area contributed by atoms with E-state index >= 15 is 0 Å². The molecule has 4 rings (SSSR count). The smallest absolute Gasteiger partial charge is 0.352 e. The highest BCUT2D eigenvalue weighted by molar-refractivity contribution is 6.14. The molecule has 37 heavy (non-hydrogen) atoms. The van der Waals surface area contributed by atoms with Crippen molar-refractivity contribution >= 4 is 23.5 Å². The summed E-state index contributed by atoms with van der Waals surface area (Å²) in [5, 5.41) is 10.8. The van der Waals surface area contributed by atoms with Crippen LogP contribution in [-0.2, 0) is 4.79 Å². The van der Waals surface area contributed by atoms with E-state index in [1.807, 2.05) is 0 Å². The normalized spacial score (nSPS) is 14.2. The molecule has 1 atom stereocenters. The van der Waals surface area contributed by atoms with Crippen LogP contribution in [0.15, 0.2) is 48.2 Å². The van der Waals surface area contributed by atoms with E-state index in [-0.39, 0.29) is 28.5 Å². The monoisotopic (exact) mass is 521 g/mol. The average Bonchev–Trinajstić information content (AvgIpc) is 3.18. The van der Waals surface area contributed by atoms with Crippen LogP contribution in [0.3, 0.4) is 0 Å². The molecule has 1 aliphatic heterocycles. The molecule has 1 aliphatic rings. The lowest BCUT2D eigenvalue weighted by Crippen LogP contribution is -2.29. The molecule has 0 amide bonds. The summed E-state index contributed by atoms with van der Waals surface area (Å²) in [7, 11) is 0. The minimum Gasteiger partial charge on any atom is -0.473 e. The number of allylic oxidation sites excluding steroid dienone is 1. The summed E-state index contributed by atoms with van der Waals surface area (Å²) in [6.07, 6.45) is -0.459. The standard InChI is InChI=1S/C24H12F5NO7/c1-10(35-23-20(28)18(26)17(25)19(27)21(23)29)24(32)36-13-6-7-14-15(9-13)37-16(22(14)31)8-11-2-4-12(5-3-11)30(33)34/h2-10H,1H3/b16-8-. The second-order valence-electron chi connectivity index (χ2n) is 7.53. The number of rotatable bonds is 6. The highest BCUT2D eigenvalue weighted by atomic mass is 19.2. The third-order valence-corrected chi connectivity index (χ3v) is 5.06. The molecule has 0 N–H and O–H groups in total. The number of nitrogens with zero attached hydrogens (tertiary/aromatic N) is 1. The molecular formula is C24H12F5NO7. The molecule has 0 spiro atoms. The lowest BCUT2D eigenvalue weighted by Gasteiger charge is -2.15. The minimum absolute atomic E-state index is 0.00296. The Balaban J connectivity index is 1.48. The predicted molar refractivity (Wildman–Crippen MR) is 114 cm³/mol. The molecule has 0 bridgehead atoms. The predicted octanol–water partition coefficient (Wildman–Crippen LogP) is 5.28. The lowest BCUT2D eigenvalue weighted by atomic mass is 10.1. The van der Waals surface area contributed by atoms with Crippen molar-refractivity contribution in [1.29, 1.82) is 0 Å². The van der Waals surface area contributed by atoms with Crippen molar-refractivity contribution in [3.05, 3.63) is 98.6 Å². The maximum atomic E-state index is 13.8. The largest absolute Gasteiger partial charge is 0.473 e. The number of hydrogen-bond acceptors (Lipinski definition) is 7. The third-order valence-electron chi connectivity index (χ3n) is 5.06. The summed E-state index contributed by atoms with van der Waals surface area (Å²) in [6.45, 7) is 0.957. The van der Waals surface area contributed by atoms with E-state index in [0.717, 1.165) is 13.0 Å². The molecule has 0 aromatic heterocycles. The number of esters is 1. The molecule has 13 heteroatoms. The van der Waals surface area contributed by atoms with Gasteiger partial charge in [0.1, 0.15) is 11.5 Å². The first-order chi connectivity index (χ1) is 17.5. The van der Waals surface area contributed by atoms with Crippen molar-refractivity contribution in [2.75, 3.05) is 0 Å². The summed E-state index contributed by atoms with van der Waals surface area (Å²) < 4.78 is 82.6. The highest BCUT2D eigenvalue weighted by Gasteiger charge is 2.31. The SMILES string of the molecule is CC(Oc1c(F)c(F)c(F)c(F)c1F)C(=O)Oc1ccc2c(c1)O/C(=C\c1ccc([N+](=O)[O-])cc1)C2=O. The molecular weight excluding hydrogens is 509 g/mol. The van der Waals surface area contributed by atoms with Crippen molar-refractivity contribution in [2.24, 2.45) is 0 Å². The summed E-state index contributed by atoms with van der Waals surface area (Å²) in [5.41, 5.74) is 0.403. The van der Waals surface area contributed by atoms with E-state index in [9.17, 15) is 41.7 Å². The van der Waals surface area contributed by atoms with Gasteiger partial charge in [-0.15, -0.1) is 0 Å². The molecule has 0 radical (unpaired) electrons. The number of Topliss-reactive ketones (excluding diaryl/α,β-unsaturated/α-hetero) is 1. The molecule has 0 fully saturated rings. The first kappa shape index (κ1) is 25.3. The van der Waals surface area contributed by atoms with E-state index < -0.39 is 57.6 Å². The fourth-order valence-electron chi connectivity index (χ4n) is 3.19. The number of hydrogen-bond donors (Lipinski definition) is 0. The van der Waals surface area contributed by atoms with Crippen LogP contribution >= 0.6 is 0 Å². The Morgan fingerprint density at radius 3 is 2.16 bits per heavy atom. The number of non-ortho nitro benzene ring substituents is 1. The summed E-state index contributed by atoms with van der Waals surface area (Å²) in [6, 6.07) is 8.93. The van der Waals surface area contributed by atoms with Gasteiger partial charge in [-0.1, -0.05) is 0 Å². The van der Waals surface area contributed by atoms with Crippen LogP contribution in [-0.4, -0.2) is 22.8 Å². The summed E-state index contributed by atoms with van der Waals surface area (Å²) in [5.74, 6) is -15.1. The molecule has 3 aromatic carbocycles. The average molecular weight is 521 g/mol. The fraction of sp³-hybridized carbons (Fsp3) is 0.0833. The quantitative estimate of drug-likeness (QED) is 0.0635. The van der Waals surface area contributed by atoms with Crippen LogP contribution < -0.4 is 14.2 Å². The summed E-state index contributed by atoms with van der Waals surface area (Å²) >= 11 is 0. The number of fused-ring (bicyclic) bond motifs is 1. The fourth-order valence-corrected chi connectivity index (χ4v) is 3.19. The Kier molecular flexibility index (Phi) is 6.62. The number of ketones is 1. The van der Waals surface area contributed by atoms with Crippen molar-refractivity contribution in [3.63, 3.8) is 0 Å². The van der Waals surface area contributed by atoms with Gasteiger partial charge in [-0.05, 0) is 42.8 Å². The van der Waals surface area contributed by atoms with E-state index in [2.05, 4.69) is 4.74 Å². The first-order valence-electron chi connectivity index (χ1n) is 10.2. The van der Waals surface area contributed by atoms with Crippen LogP contribution in [0.25, 0.3) is 6.08 Å². The molecule has 0 saturated carbocycles. The molecule has 0 aliphatic carbocycles. The second-order valence-corrected chi connectivity index (χ2v) is 7.53. The van der Waals surface area contributed by atoms with Gasteiger partial charge in [-0.25, -0.2) is 18.0 Å². The number of halogens is 5. The molecule has 1 unspecified atom stereocenters. The van der Waals surface area contributed by atoms with Crippen molar-refractivity contribution in [3.8, 4) is 17.2 Å². The molecule has 0 saturated heterocycles. The van der Waals surface area contributed by atoms with Gasteiger partial charge in [0.25, 0.3) is 5.69 Å². The Bertz CT molecular complexity index is 1460. The van der Waals surface area contributed by atoms with Gasteiger partial charge >= 0.3 is 5.97 Å². The Labute approximate surface area is 203 Å². The zero-order valence-corrected chi connectivity index (χ0v) is 18.4. The Morgan fingerprint density at radius 1 is 0.973 bits per heavy atom. The molecule has 1 heterocycles. The van der Waals surface area contributed by atoms with Gasteiger partial charge in [0.05, 0.1) is 10.5 Å². The van der Waals surface area contributed by atoms with Gasteiger partial charge in [-0.3, -0.25) is 14.9 Å². The van der Waals surface area contributed by atoms with Crippen molar-refractivity contribution in [1.82, 2.24) is 0 Å². The zero-order valence-electron chi connectivity index (χ0n) is 18.4. The number of nitro groups is 1. The van der Waals surface area contributed by atoms with Crippen LogP contribution in [0.2, 0.25) is 0 Å².